The Hall–Kier alpha value is -2.57. The highest BCUT2D eigenvalue weighted by Gasteiger charge is 2.30. The minimum Gasteiger partial charge on any atom is -0.619 e. The number of hydrogen-bond donors (Lipinski definition) is 1. The summed E-state index contributed by atoms with van der Waals surface area (Å²) in [5, 5.41) is 13.5. The van der Waals surface area contributed by atoms with Crippen molar-refractivity contribution < 1.29 is 22.7 Å². The van der Waals surface area contributed by atoms with Crippen LogP contribution in [-0.2, 0) is 12.7 Å². The zero-order valence-electron chi connectivity index (χ0n) is 10.7. The summed E-state index contributed by atoms with van der Waals surface area (Å²) in [6.45, 7) is -0.0590. The summed E-state index contributed by atoms with van der Waals surface area (Å²) in [7, 11) is 0. The van der Waals surface area contributed by atoms with Crippen LogP contribution >= 0.6 is 0 Å². The Balaban J connectivity index is 2.05. The molecule has 2 aromatic rings. The van der Waals surface area contributed by atoms with Gasteiger partial charge in [0.05, 0.1) is 5.56 Å². The van der Waals surface area contributed by atoms with Gasteiger partial charge in [0, 0.05) is 12.6 Å². The number of hydrogen-bond acceptors (Lipinski definition) is 2. The monoisotopic (exact) mass is 296 g/mol. The van der Waals surface area contributed by atoms with E-state index in [9.17, 15) is 23.2 Å². The first kappa shape index (κ1) is 14.8. The second-order valence-corrected chi connectivity index (χ2v) is 4.33. The molecule has 0 bridgehead atoms. The third-order valence-corrected chi connectivity index (χ3v) is 2.74. The number of aromatic nitrogens is 1. The highest BCUT2D eigenvalue weighted by Crippen LogP contribution is 2.29. The van der Waals surface area contributed by atoms with Crippen molar-refractivity contribution in [1.29, 1.82) is 0 Å². The number of nitrogens with zero attached hydrogens (tertiary/aromatic N) is 1. The van der Waals surface area contributed by atoms with Gasteiger partial charge in [-0.3, -0.25) is 4.79 Å². The molecule has 7 heteroatoms. The van der Waals surface area contributed by atoms with E-state index in [1.54, 1.807) is 0 Å². The average Bonchev–Trinajstić information content (AvgIpc) is 2.44. The number of rotatable bonds is 3. The van der Waals surface area contributed by atoms with E-state index in [1.165, 1.54) is 30.5 Å². The van der Waals surface area contributed by atoms with Gasteiger partial charge in [0.2, 0.25) is 0 Å². The van der Waals surface area contributed by atoms with Gasteiger partial charge in [0.15, 0.2) is 12.4 Å². The predicted octanol–water partition coefficient (Wildman–Crippen LogP) is 2.27. The van der Waals surface area contributed by atoms with Crippen LogP contribution in [0.25, 0.3) is 0 Å². The Morgan fingerprint density at radius 2 is 2.00 bits per heavy atom. The Kier molecular flexibility index (Phi) is 4.11. The van der Waals surface area contributed by atoms with Crippen LogP contribution in [0.15, 0.2) is 48.8 Å². The zero-order chi connectivity index (χ0) is 15.5. The molecule has 1 aromatic heterocycles. The van der Waals surface area contributed by atoms with Crippen LogP contribution in [0.2, 0.25) is 0 Å². The van der Waals surface area contributed by atoms with Gasteiger partial charge in [0.25, 0.3) is 5.91 Å². The summed E-state index contributed by atoms with van der Waals surface area (Å²) in [5.41, 5.74) is -0.310. The van der Waals surface area contributed by atoms with Crippen molar-refractivity contribution in [2.75, 3.05) is 0 Å². The van der Waals surface area contributed by atoms with Crippen LogP contribution in [-0.4, -0.2) is 5.91 Å². The number of carbonyl (C=O) groups excluding carboxylic acids is 1. The smallest absolute Gasteiger partial charge is 0.416 e. The van der Waals surface area contributed by atoms with Gasteiger partial charge in [-0.25, -0.2) is 0 Å². The van der Waals surface area contributed by atoms with E-state index in [0.29, 0.717) is 10.3 Å². The maximum Gasteiger partial charge on any atom is 0.416 e. The first-order chi connectivity index (χ1) is 9.86. The second kappa shape index (κ2) is 5.82. The number of benzene rings is 1. The van der Waals surface area contributed by atoms with Crippen molar-refractivity contribution in [2.45, 2.75) is 12.7 Å². The molecule has 1 amide bonds. The number of pyridine rings is 1. The van der Waals surface area contributed by atoms with E-state index in [4.69, 9.17) is 0 Å². The molecule has 0 unspecified atom stereocenters. The molecular formula is C14H11F3N2O2. The maximum atomic E-state index is 12.6. The van der Waals surface area contributed by atoms with Crippen molar-refractivity contribution in [1.82, 2.24) is 5.32 Å². The van der Waals surface area contributed by atoms with Crippen molar-refractivity contribution in [3.8, 4) is 0 Å². The molecule has 0 aliphatic rings. The minimum atomic E-state index is -4.42. The molecule has 0 fully saturated rings. The van der Waals surface area contributed by atoms with Gasteiger partial charge in [-0.15, -0.1) is 0 Å². The summed E-state index contributed by atoms with van der Waals surface area (Å²) >= 11 is 0. The molecule has 4 nitrogen and oxygen atoms in total. The standard InChI is InChI=1S/C14H11F3N2O2/c15-14(16,17)12-5-1-3-10(7-12)8-18-13(20)11-4-2-6-19(21)9-11/h1-7,9H,8H2,(H,18,20). The lowest BCUT2D eigenvalue weighted by molar-refractivity contribution is -0.605. The van der Waals surface area contributed by atoms with Crippen LogP contribution in [0.4, 0.5) is 13.2 Å². The van der Waals surface area contributed by atoms with Gasteiger partial charge >= 0.3 is 6.18 Å². The fraction of sp³-hybridized carbons (Fsp3) is 0.143. The zero-order valence-corrected chi connectivity index (χ0v) is 10.7. The molecule has 0 radical (unpaired) electrons. The van der Waals surface area contributed by atoms with Crippen molar-refractivity contribution >= 4 is 5.91 Å². The number of halogens is 3. The number of nitrogens with one attached hydrogen (secondary N) is 1. The molecule has 1 N–H and O–H groups in total. The average molecular weight is 296 g/mol. The van der Waals surface area contributed by atoms with E-state index in [2.05, 4.69) is 5.32 Å². The lowest BCUT2D eigenvalue weighted by atomic mass is 10.1. The van der Waals surface area contributed by atoms with Crippen LogP contribution in [0, 0.1) is 5.21 Å². The third kappa shape index (κ3) is 3.95. The minimum absolute atomic E-state index is 0.0590. The van der Waals surface area contributed by atoms with E-state index >= 15 is 0 Å². The number of carbonyl (C=O) groups is 1. The van der Waals surface area contributed by atoms with Crippen molar-refractivity contribution in [3.63, 3.8) is 0 Å². The molecule has 1 heterocycles. The third-order valence-electron chi connectivity index (χ3n) is 2.74. The predicted molar refractivity (Wildman–Crippen MR) is 68.0 cm³/mol. The fourth-order valence-corrected chi connectivity index (χ4v) is 1.73. The Morgan fingerprint density at radius 1 is 1.24 bits per heavy atom. The first-order valence-corrected chi connectivity index (χ1v) is 5.99. The van der Waals surface area contributed by atoms with Crippen LogP contribution < -0.4 is 10.0 Å². The second-order valence-electron chi connectivity index (χ2n) is 4.33. The highest BCUT2D eigenvalue weighted by molar-refractivity contribution is 5.93. The normalized spacial score (nSPS) is 11.2. The van der Waals surface area contributed by atoms with Gasteiger partial charge < -0.3 is 10.5 Å². The Labute approximate surface area is 118 Å². The quantitative estimate of drug-likeness (QED) is 0.698. The van der Waals surface area contributed by atoms with Gasteiger partial charge in [-0.1, -0.05) is 12.1 Å². The van der Waals surface area contributed by atoms with Crippen molar-refractivity contribution in [3.05, 3.63) is 70.7 Å². The number of amides is 1. The Bertz CT molecular complexity index is 657. The number of alkyl halides is 3. The molecule has 0 atom stereocenters. The molecular weight excluding hydrogens is 285 g/mol. The first-order valence-electron chi connectivity index (χ1n) is 5.99. The van der Waals surface area contributed by atoms with Crippen LogP contribution in [0.3, 0.4) is 0 Å². The topological polar surface area (TPSA) is 56.0 Å². The summed E-state index contributed by atoms with van der Waals surface area (Å²) in [4.78, 5) is 11.8. The molecule has 0 aliphatic heterocycles. The molecule has 0 spiro atoms. The Morgan fingerprint density at radius 3 is 2.67 bits per heavy atom. The van der Waals surface area contributed by atoms with E-state index in [0.717, 1.165) is 18.3 Å². The maximum absolute atomic E-state index is 12.6. The van der Waals surface area contributed by atoms with Crippen LogP contribution in [0.1, 0.15) is 21.5 Å². The van der Waals surface area contributed by atoms with Crippen LogP contribution in [0.5, 0.6) is 0 Å². The van der Waals surface area contributed by atoms with E-state index < -0.39 is 17.6 Å². The SMILES string of the molecule is O=C(NCc1cccc(C(F)(F)F)c1)c1ccc[n+]([O-])c1. The van der Waals surface area contributed by atoms with E-state index in [1.807, 2.05) is 0 Å². The lowest BCUT2D eigenvalue weighted by Gasteiger charge is -2.09. The van der Waals surface area contributed by atoms with Gasteiger partial charge in [-0.05, 0) is 23.8 Å². The molecule has 21 heavy (non-hydrogen) atoms. The molecule has 1 aromatic carbocycles. The summed E-state index contributed by atoms with van der Waals surface area (Å²) < 4.78 is 38.1. The summed E-state index contributed by atoms with van der Waals surface area (Å²) in [6, 6.07) is 7.54. The molecule has 0 saturated heterocycles. The lowest BCUT2D eigenvalue weighted by Crippen LogP contribution is -2.29. The largest absolute Gasteiger partial charge is 0.619 e. The molecule has 0 aliphatic carbocycles. The summed E-state index contributed by atoms with van der Waals surface area (Å²) in [6.07, 6.45) is -2.11. The highest BCUT2D eigenvalue weighted by atomic mass is 19.4. The molecule has 110 valence electrons. The summed E-state index contributed by atoms with van der Waals surface area (Å²) in [5.74, 6) is -0.530. The van der Waals surface area contributed by atoms with Crippen molar-refractivity contribution in [2.24, 2.45) is 0 Å². The van der Waals surface area contributed by atoms with Gasteiger partial charge in [0.1, 0.15) is 5.56 Å². The molecule has 0 saturated carbocycles. The molecule has 2 rings (SSSR count). The fourth-order valence-electron chi connectivity index (χ4n) is 1.73. The van der Waals surface area contributed by atoms with E-state index in [-0.39, 0.29) is 12.1 Å². The van der Waals surface area contributed by atoms with Gasteiger partial charge in [-0.2, -0.15) is 17.9 Å².